The van der Waals surface area contributed by atoms with Crippen molar-refractivity contribution in [3.63, 3.8) is 0 Å². The molecule has 1 aliphatic rings. The molecule has 1 amide bonds. The number of nitrogens with one attached hydrogen (secondary N) is 1. The van der Waals surface area contributed by atoms with Crippen LogP contribution in [0.1, 0.15) is 17.5 Å². The summed E-state index contributed by atoms with van der Waals surface area (Å²) in [5.41, 5.74) is 10.3. The highest BCUT2D eigenvalue weighted by molar-refractivity contribution is 6.00. The topological polar surface area (TPSA) is 116 Å². The number of carbonyl (C=O) groups is 1. The van der Waals surface area contributed by atoms with Crippen LogP contribution in [-0.2, 0) is 4.79 Å². The number of anilines is 2. The molecule has 1 aliphatic carbocycles. The van der Waals surface area contributed by atoms with Gasteiger partial charge in [0.15, 0.2) is 0 Å². The first-order valence-corrected chi connectivity index (χ1v) is 8.91. The van der Waals surface area contributed by atoms with E-state index in [2.05, 4.69) is 22.4 Å². The molecule has 2 atom stereocenters. The van der Waals surface area contributed by atoms with Gasteiger partial charge < -0.3 is 11.1 Å². The quantitative estimate of drug-likeness (QED) is 0.684. The third-order valence-electron chi connectivity index (χ3n) is 5.08. The highest BCUT2D eigenvalue weighted by Gasteiger charge is 2.43. The van der Waals surface area contributed by atoms with Crippen molar-refractivity contribution in [2.24, 2.45) is 11.8 Å². The number of amides is 1. The van der Waals surface area contributed by atoms with Crippen LogP contribution in [0.3, 0.4) is 0 Å². The third kappa shape index (κ3) is 3.13. The highest BCUT2D eigenvalue weighted by Crippen LogP contribution is 2.38. The zero-order valence-corrected chi connectivity index (χ0v) is 15.2. The lowest BCUT2D eigenvalue weighted by Gasteiger charge is -2.11. The lowest BCUT2D eigenvalue weighted by atomic mass is 9.96. The predicted molar refractivity (Wildman–Crippen MR) is 107 cm³/mol. The van der Waals surface area contributed by atoms with Crippen LogP contribution < -0.4 is 11.1 Å². The van der Waals surface area contributed by atoms with E-state index in [1.54, 1.807) is 18.3 Å². The van der Waals surface area contributed by atoms with Gasteiger partial charge >= 0.3 is 0 Å². The largest absolute Gasteiger partial charge is 0.398 e. The van der Waals surface area contributed by atoms with Gasteiger partial charge in [-0.3, -0.25) is 4.79 Å². The van der Waals surface area contributed by atoms with Crippen molar-refractivity contribution in [2.45, 2.75) is 13.3 Å². The summed E-state index contributed by atoms with van der Waals surface area (Å²) in [5.74, 6) is -0.179. The van der Waals surface area contributed by atoms with E-state index in [0.29, 0.717) is 23.5 Å². The maximum absolute atomic E-state index is 12.2. The van der Waals surface area contributed by atoms with Gasteiger partial charge in [0, 0.05) is 17.3 Å². The Hall–Kier alpha value is -3.90. The number of aromatic nitrogens is 1. The van der Waals surface area contributed by atoms with E-state index in [1.165, 1.54) is 0 Å². The monoisotopic (exact) mass is 367 g/mol. The number of nitrogen functional groups attached to an aromatic ring is 1. The van der Waals surface area contributed by atoms with Gasteiger partial charge in [-0.2, -0.15) is 10.5 Å². The molecule has 2 aromatic carbocycles. The smallest absolute Gasteiger partial charge is 0.230 e. The van der Waals surface area contributed by atoms with Crippen molar-refractivity contribution >= 4 is 28.2 Å². The number of carbonyl (C=O) groups excluding carboxylic acids is 1. The molecule has 3 N–H and O–H groups in total. The first-order chi connectivity index (χ1) is 13.5. The van der Waals surface area contributed by atoms with E-state index in [4.69, 9.17) is 16.3 Å². The summed E-state index contributed by atoms with van der Waals surface area (Å²) in [6.45, 7) is 1.95. The summed E-state index contributed by atoms with van der Waals surface area (Å²) in [6.07, 6.45) is 2.25. The molecule has 0 bridgehead atoms. The van der Waals surface area contributed by atoms with Gasteiger partial charge in [-0.1, -0.05) is 6.07 Å². The van der Waals surface area contributed by atoms with Crippen molar-refractivity contribution in [1.82, 2.24) is 4.98 Å². The van der Waals surface area contributed by atoms with Crippen LogP contribution in [0.25, 0.3) is 21.9 Å². The van der Waals surface area contributed by atoms with Crippen LogP contribution in [0.15, 0.2) is 42.6 Å². The molecule has 1 fully saturated rings. The van der Waals surface area contributed by atoms with Crippen molar-refractivity contribution in [3.8, 4) is 23.3 Å². The predicted octanol–water partition coefficient (Wildman–Crippen LogP) is 3.76. The van der Waals surface area contributed by atoms with Gasteiger partial charge in [-0.25, -0.2) is 4.98 Å². The third-order valence-corrected chi connectivity index (χ3v) is 5.08. The standard InChI is InChI=1S/C22H17N5O/c1-12-4-13(9-23)2-3-17(12)14-5-15-8-21(26-11-19(15)20(25)7-14)27-22(28)18-6-16(18)10-24/h2-5,7-8,11,16,18H,6,25H2,1H3,(H,26,27,28)/t16?,18-/m0/s1. The maximum atomic E-state index is 12.2. The van der Waals surface area contributed by atoms with Gasteiger partial charge in [-0.05, 0) is 65.8 Å². The average Bonchev–Trinajstić information content (AvgIpc) is 3.47. The molecule has 136 valence electrons. The van der Waals surface area contributed by atoms with E-state index in [1.807, 2.05) is 31.2 Å². The Morgan fingerprint density at radius 3 is 2.75 bits per heavy atom. The Morgan fingerprint density at radius 1 is 1.25 bits per heavy atom. The molecule has 0 radical (unpaired) electrons. The number of hydrogen-bond acceptors (Lipinski definition) is 5. The lowest BCUT2D eigenvalue weighted by molar-refractivity contribution is -0.117. The fourth-order valence-corrected chi connectivity index (χ4v) is 3.41. The summed E-state index contributed by atoms with van der Waals surface area (Å²) >= 11 is 0. The second kappa shape index (κ2) is 6.68. The molecule has 1 aromatic heterocycles. The summed E-state index contributed by atoms with van der Waals surface area (Å²) in [5, 5.41) is 22.4. The number of rotatable bonds is 3. The first kappa shape index (κ1) is 17.5. The molecule has 28 heavy (non-hydrogen) atoms. The molecule has 6 heteroatoms. The molecule has 4 rings (SSSR count). The maximum Gasteiger partial charge on any atom is 0.230 e. The molecule has 0 aliphatic heterocycles. The van der Waals surface area contributed by atoms with Crippen LogP contribution >= 0.6 is 0 Å². The van der Waals surface area contributed by atoms with Gasteiger partial charge in [0.05, 0.1) is 29.5 Å². The Bertz CT molecular complexity index is 1200. The summed E-state index contributed by atoms with van der Waals surface area (Å²) in [7, 11) is 0. The van der Waals surface area contributed by atoms with E-state index in [-0.39, 0.29) is 17.7 Å². The molecule has 1 unspecified atom stereocenters. The molecular weight excluding hydrogens is 350 g/mol. The number of nitrogens with zero attached hydrogens (tertiary/aromatic N) is 3. The number of nitriles is 2. The van der Waals surface area contributed by atoms with Crippen molar-refractivity contribution in [3.05, 3.63) is 53.7 Å². The number of nitrogens with two attached hydrogens (primary N) is 1. The van der Waals surface area contributed by atoms with Crippen molar-refractivity contribution < 1.29 is 4.79 Å². The molecule has 1 saturated carbocycles. The lowest BCUT2D eigenvalue weighted by Crippen LogP contribution is -2.15. The number of pyridine rings is 1. The van der Waals surface area contributed by atoms with E-state index < -0.39 is 0 Å². The first-order valence-electron chi connectivity index (χ1n) is 8.91. The average molecular weight is 367 g/mol. The summed E-state index contributed by atoms with van der Waals surface area (Å²) < 4.78 is 0. The minimum Gasteiger partial charge on any atom is -0.398 e. The number of fused-ring (bicyclic) bond motifs is 1. The SMILES string of the molecule is Cc1cc(C#N)ccc1-c1cc(N)c2cnc(NC(=O)[C@H]3CC3C#N)cc2c1. The van der Waals surface area contributed by atoms with Crippen molar-refractivity contribution in [2.75, 3.05) is 11.1 Å². The summed E-state index contributed by atoms with van der Waals surface area (Å²) in [4.78, 5) is 16.5. The number of aryl methyl sites for hydroxylation is 1. The minimum absolute atomic E-state index is 0.175. The van der Waals surface area contributed by atoms with E-state index >= 15 is 0 Å². The van der Waals surface area contributed by atoms with E-state index in [9.17, 15) is 4.79 Å². The zero-order chi connectivity index (χ0) is 19.8. The minimum atomic E-state index is -0.250. The van der Waals surface area contributed by atoms with Crippen LogP contribution in [0, 0.1) is 41.4 Å². The molecule has 6 nitrogen and oxygen atoms in total. The van der Waals surface area contributed by atoms with E-state index in [0.717, 1.165) is 27.5 Å². The van der Waals surface area contributed by atoms with Gasteiger partial charge in [0.1, 0.15) is 5.82 Å². The molecule has 1 heterocycles. The molecule has 0 saturated heterocycles. The van der Waals surface area contributed by atoms with Crippen molar-refractivity contribution in [1.29, 1.82) is 10.5 Å². The van der Waals surface area contributed by atoms with Crippen LogP contribution in [0.4, 0.5) is 11.5 Å². The summed E-state index contributed by atoms with van der Waals surface area (Å²) in [6, 6.07) is 15.5. The van der Waals surface area contributed by atoms with Gasteiger partial charge in [-0.15, -0.1) is 0 Å². The fourth-order valence-electron chi connectivity index (χ4n) is 3.41. The number of benzene rings is 2. The second-order valence-electron chi connectivity index (χ2n) is 7.06. The van der Waals surface area contributed by atoms with Gasteiger partial charge in [0.25, 0.3) is 0 Å². The Labute approximate surface area is 162 Å². The molecule has 3 aromatic rings. The Kier molecular flexibility index (Phi) is 4.18. The molecule has 0 spiro atoms. The Balaban J connectivity index is 1.70. The number of hydrogen-bond donors (Lipinski definition) is 2. The zero-order valence-electron chi connectivity index (χ0n) is 15.2. The fraction of sp³-hybridized carbons (Fsp3) is 0.182. The second-order valence-corrected chi connectivity index (χ2v) is 7.06. The van der Waals surface area contributed by atoms with Crippen LogP contribution in [0.5, 0.6) is 0 Å². The Morgan fingerprint density at radius 2 is 2.07 bits per heavy atom. The normalized spacial score (nSPS) is 17.5. The molecular formula is C22H17N5O. The van der Waals surface area contributed by atoms with Crippen LogP contribution in [-0.4, -0.2) is 10.9 Å². The van der Waals surface area contributed by atoms with Crippen LogP contribution in [0.2, 0.25) is 0 Å². The van der Waals surface area contributed by atoms with Gasteiger partial charge in [0.2, 0.25) is 5.91 Å². The highest BCUT2D eigenvalue weighted by atomic mass is 16.2.